The van der Waals surface area contributed by atoms with Gasteiger partial charge in [-0.15, -0.1) is 12.4 Å². The normalized spacial score (nSPS) is 32.8. The SMILES string of the molecule is CC1COCCN(CC2CCCNC2)C1.Cl. The molecule has 2 rings (SSSR count). The van der Waals surface area contributed by atoms with Gasteiger partial charge in [0.25, 0.3) is 0 Å². The average Bonchev–Trinajstić information content (AvgIpc) is 2.44. The first-order valence-corrected chi connectivity index (χ1v) is 6.35. The molecule has 2 atom stereocenters. The van der Waals surface area contributed by atoms with Crippen molar-refractivity contribution in [3.8, 4) is 0 Å². The van der Waals surface area contributed by atoms with E-state index in [0.29, 0.717) is 5.92 Å². The van der Waals surface area contributed by atoms with E-state index in [0.717, 1.165) is 25.7 Å². The van der Waals surface area contributed by atoms with Crippen molar-refractivity contribution >= 4 is 12.4 Å². The maximum Gasteiger partial charge on any atom is 0.0593 e. The number of nitrogens with zero attached hydrogens (tertiary/aromatic N) is 1. The van der Waals surface area contributed by atoms with Gasteiger partial charge >= 0.3 is 0 Å². The monoisotopic (exact) mass is 248 g/mol. The molecule has 0 saturated carbocycles. The second-order valence-corrected chi connectivity index (χ2v) is 5.15. The number of nitrogens with one attached hydrogen (secondary N) is 1. The zero-order valence-corrected chi connectivity index (χ0v) is 11.1. The summed E-state index contributed by atoms with van der Waals surface area (Å²) in [4.78, 5) is 2.59. The molecule has 3 nitrogen and oxygen atoms in total. The molecule has 0 radical (unpaired) electrons. The zero-order valence-electron chi connectivity index (χ0n) is 10.3. The largest absolute Gasteiger partial charge is 0.380 e. The van der Waals surface area contributed by atoms with Gasteiger partial charge in [-0.3, -0.25) is 0 Å². The molecule has 2 fully saturated rings. The predicted molar refractivity (Wildman–Crippen MR) is 69.3 cm³/mol. The van der Waals surface area contributed by atoms with Crippen LogP contribution in [-0.2, 0) is 4.74 Å². The van der Waals surface area contributed by atoms with Crippen LogP contribution in [0.15, 0.2) is 0 Å². The number of piperidine rings is 1. The first-order chi connectivity index (χ1) is 7.34. The number of hydrogen-bond donors (Lipinski definition) is 1. The quantitative estimate of drug-likeness (QED) is 0.799. The minimum atomic E-state index is 0. The molecule has 2 aliphatic rings. The molecule has 0 bridgehead atoms. The Bertz CT molecular complexity index is 186. The van der Waals surface area contributed by atoms with Crippen molar-refractivity contribution < 1.29 is 4.74 Å². The van der Waals surface area contributed by atoms with Crippen molar-refractivity contribution in [1.82, 2.24) is 10.2 Å². The van der Waals surface area contributed by atoms with Crippen LogP contribution >= 0.6 is 12.4 Å². The third kappa shape index (κ3) is 4.58. The Morgan fingerprint density at radius 3 is 3.06 bits per heavy atom. The highest BCUT2D eigenvalue weighted by molar-refractivity contribution is 5.85. The van der Waals surface area contributed by atoms with Gasteiger partial charge in [-0.1, -0.05) is 6.92 Å². The van der Waals surface area contributed by atoms with Crippen LogP contribution in [0.1, 0.15) is 19.8 Å². The first-order valence-electron chi connectivity index (χ1n) is 6.35. The van der Waals surface area contributed by atoms with Crippen LogP contribution < -0.4 is 5.32 Å². The molecule has 2 saturated heterocycles. The second kappa shape index (κ2) is 7.49. The van der Waals surface area contributed by atoms with Crippen LogP contribution in [0, 0.1) is 11.8 Å². The standard InChI is InChI=1S/C12H24N2O.ClH/c1-11-8-14(5-6-15-10-11)9-12-3-2-4-13-7-12;/h11-13H,2-10H2,1H3;1H. The van der Waals surface area contributed by atoms with Crippen LogP contribution in [0.5, 0.6) is 0 Å². The lowest BCUT2D eigenvalue weighted by Gasteiger charge is -2.29. The lowest BCUT2D eigenvalue weighted by atomic mass is 9.98. The van der Waals surface area contributed by atoms with Gasteiger partial charge in [0.1, 0.15) is 0 Å². The topological polar surface area (TPSA) is 24.5 Å². The van der Waals surface area contributed by atoms with E-state index in [2.05, 4.69) is 17.1 Å². The highest BCUT2D eigenvalue weighted by Crippen LogP contribution is 2.14. The molecule has 16 heavy (non-hydrogen) atoms. The summed E-state index contributed by atoms with van der Waals surface area (Å²) < 4.78 is 5.57. The molecule has 0 aromatic carbocycles. The van der Waals surface area contributed by atoms with E-state index in [9.17, 15) is 0 Å². The molecule has 1 N–H and O–H groups in total. The highest BCUT2D eigenvalue weighted by atomic mass is 35.5. The Hall–Kier alpha value is 0.170. The van der Waals surface area contributed by atoms with E-state index in [1.165, 1.54) is 39.0 Å². The molecule has 2 heterocycles. The summed E-state index contributed by atoms with van der Waals surface area (Å²) in [6.07, 6.45) is 2.75. The minimum Gasteiger partial charge on any atom is -0.380 e. The van der Waals surface area contributed by atoms with Crippen molar-refractivity contribution in [3.05, 3.63) is 0 Å². The van der Waals surface area contributed by atoms with Gasteiger partial charge in [0.05, 0.1) is 13.2 Å². The van der Waals surface area contributed by atoms with Crippen LogP contribution in [0.25, 0.3) is 0 Å². The third-order valence-electron chi connectivity index (χ3n) is 3.44. The van der Waals surface area contributed by atoms with Crippen molar-refractivity contribution in [3.63, 3.8) is 0 Å². The van der Waals surface area contributed by atoms with Crippen LogP contribution in [0.2, 0.25) is 0 Å². The van der Waals surface area contributed by atoms with Crippen molar-refractivity contribution in [2.75, 3.05) is 45.9 Å². The summed E-state index contributed by atoms with van der Waals surface area (Å²) in [7, 11) is 0. The fourth-order valence-corrected chi connectivity index (χ4v) is 2.67. The van der Waals surface area contributed by atoms with E-state index in [4.69, 9.17) is 4.74 Å². The summed E-state index contributed by atoms with van der Waals surface area (Å²) in [6, 6.07) is 0. The summed E-state index contributed by atoms with van der Waals surface area (Å²) in [6.45, 7) is 10.2. The van der Waals surface area contributed by atoms with E-state index in [1.54, 1.807) is 0 Å². The van der Waals surface area contributed by atoms with E-state index in [-0.39, 0.29) is 12.4 Å². The van der Waals surface area contributed by atoms with Crippen molar-refractivity contribution in [1.29, 1.82) is 0 Å². The van der Waals surface area contributed by atoms with E-state index in [1.807, 2.05) is 0 Å². The van der Waals surface area contributed by atoms with E-state index < -0.39 is 0 Å². The predicted octanol–water partition coefficient (Wildman–Crippen LogP) is 1.38. The summed E-state index contributed by atoms with van der Waals surface area (Å²) in [5, 5.41) is 3.49. The Morgan fingerprint density at radius 2 is 2.31 bits per heavy atom. The van der Waals surface area contributed by atoms with Gasteiger partial charge in [-0.25, -0.2) is 0 Å². The molecule has 0 spiro atoms. The van der Waals surface area contributed by atoms with Crippen molar-refractivity contribution in [2.45, 2.75) is 19.8 Å². The van der Waals surface area contributed by atoms with Crippen LogP contribution in [-0.4, -0.2) is 50.8 Å². The van der Waals surface area contributed by atoms with Gasteiger partial charge in [-0.2, -0.15) is 0 Å². The minimum absolute atomic E-state index is 0. The molecule has 0 aliphatic carbocycles. The Balaban J connectivity index is 0.00000128. The van der Waals surface area contributed by atoms with Gasteiger partial charge in [0, 0.05) is 19.6 Å². The third-order valence-corrected chi connectivity index (χ3v) is 3.44. The molecule has 96 valence electrons. The Morgan fingerprint density at radius 1 is 1.44 bits per heavy atom. The maximum absolute atomic E-state index is 5.57. The smallest absolute Gasteiger partial charge is 0.0593 e. The lowest BCUT2D eigenvalue weighted by Crippen LogP contribution is -2.40. The fourth-order valence-electron chi connectivity index (χ4n) is 2.67. The van der Waals surface area contributed by atoms with Crippen LogP contribution in [0.3, 0.4) is 0 Å². The number of halogens is 1. The molecule has 2 unspecified atom stereocenters. The Labute approximate surface area is 105 Å². The average molecular weight is 249 g/mol. The highest BCUT2D eigenvalue weighted by Gasteiger charge is 2.20. The van der Waals surface area contributed by atoms with Gasteiger partial charge in [-0.05, 0) is 37.8 Å². The van der Waals surface area contributed by atoms with Gasteiger partial charge < -0.3 is 15.0 Å². The number of rotatable bonds is 2. The molecular formula is C12H25ClN2O. The lowest BCUT2D eigenvalue weighted by molar-refractivity contribution is 0.124. The van der Waals surface area contributed by atoms with Gasteiger partial charge in [0.15, 0.2) is 0 Å². The summed E-state index contributed by atoms with van der Waals surface area (Å²) >= 11 is 0. The van der Waals surface area contributed by atoms with Gasteiger partial charge in [0.2, 0.25) is 0 Å². The molecule has 0 aromatic heterocycles. The molecule has 2 aliphatic heterocycles. The van der Waals surface area contributed by atoms with E-state index >= 15 is 0 Å². The Kier molecular flexibility index (Phi) is 6.66. The molecule has 0 aromatic rings. The second-order valence-electron chi connectivity index (χ2n) is 5.15. The first kappa shape index (κ1) is 14.2. The number of ether oxygens (including phenoxy) is 1. The summed E-state index contributed by atoms with van der Waals surface area (Å²) in [5.41, 5.74) is 0. The molecule has 0 amide bonds. The molecule has 4 heteroatoms. The zero-order chi connectivity index (χ0) is 10.5. The maximum atomic E-state index is 5.57. The summed E-state index contributed by atoms with van der Waals surface area (Å²) in [5.74, 6) is 1.56. The van der Waals surface area contributed by atoms with Crippen LogP contribution in [0.4, 0.5) is 0 Å². The van der Waals surface area contributed by atoms with Crippen molar-refractivity contribution in [2.24, 2.45) is 11.8 Å². The number of hydrogen-bond acceptors (Lipinski definition) is 3. The fraction of sp³-hybridized carbons (Fsp3) is 1.00. The molecular weight excluding hydrogens is 224 g/mol.